The van der Waals surface area contributed by atoms with Gasteiger partial charge in [-0.1, -0.05) is 30.3 Å². The van der Waals surface area contributed by atoms with Crippen LogP contribution in [0.5, 0.6) is 0 Å². The van der Waals surface area contributed by atoms with Crippen LogP contribution in [-0.2, 0) is 16.1 Å². The maximum Gasteiger partial charge on any atom is 0.318 e. The maximum absolute atomic E-state index is 12.4. The second-order valence-corrected chi connectivity index (χ2v) is 6.97. The summed E-state index contributed by atoms with van der Waals surface area (Å²) in [6.07, 6.45) is 0. The molecule has 0 fully saturated rings. The standard InChI is InChI=1S/C18H24N4O3S/c1-13-14(2)26-17(20-13)21-16(23)12-22(9-10-25-3)18(24)19-11-15-7-5-4-6-8-15/h4-8H,9-12H2,1-3H3,(H,19,24)(H,20,21,23). The zero-order chi connectivity index (χ0) is 18.9. The number of aromatic nitrogens is 1. The molecule has 1 aromatic carbocycles. The number of aryl methyl sites for hydroxylation is 2. The van der Waals surface area contributed by atoms with E-state index in [1.54, 1.807) is 7.11 Å². The summed E-state index contributed by atoms with van der Waals surface area (Å²) in [7, 11) is 1.56. The van der Waals surface area contributed by atoms with Gasteiger partial charge in [0.1, 0.15) is 6.54 Å². The second kappa shape index (κ2) is 9.88. The summed E-state index contributed by atoms with van der Waals surface area (Å²) in [5.74, 6) is -0.287. The zero-order valence-corrected chi connectivity index (χ0v) is 16.1. The van der Waals surface area contributed by atoms with Crippen LogP contribution in [0.3, 0.4) is 0 Å². The van der Waals surface area contributed by atoms with Crippen molar-refractivity contribution in [3.8, 4) is 0 Å². The molecule has 0 aliphatic heterocycles. The van der Waals surface area contributed by atoms with Crippen LogP contribution in [0.15, 0.2) is 30.3 Å². The van der Waals surface area contributed by atoms with Gasteiger partial charge in [-0.2, -0.15) is 0 Å². The molecule has 8 heteroatoms. The number of benzene rings is 1. The molecule has 0 saturated heterocycles. The first kappa shape index (κ1) is 19.9. The molecule has 1 aromatic heterocycles. The van der Waals surface area contributed by atoms with E-state index < -0.39 is 0 Å². The van der Waals surface area contributed by atoms with E-state index in [2.05, 4.69) is 15.6 Å². The third-order valence-electron chi connectivity index (χ3n) is 3.75. The maximum atomic E-state index is 12.4. The molecule has 1 heterocycles. The second-order valence-electron chi connectivity index (χ2n) is 5.77. The lowest BCUT2D eigenvalue weighted by atomic mass is 10.2. The van der Waals surface area contributed by atoms with E-state index in [-0.39, 0.29) is 18.5 Å². The van der Waals surface area contributed by atoms with Crippen LogP contribution in [0.2, 0.25) is 0 Å². The van der Waals surface area contributed by atoms with Gasteiger partial charge in [0.2, 0.25) is 5.91 Å². The molecule has 0 aliphatic rings. The number of nitrogens with zero attached hydrogens (tertiary/aromatic N) is 2. The highest BCUT2D eigenvalue weighted by atomic mass is 32.1. The summed E-state index contributed by atoms with van der Waals surface area (Å²) < 4.78 is 5.04. The minimum atomic E-state index is -0.312. The van der Waals surface area contributed by atoms with Crippen LogP contribution >= 0.6 is 11.3 Å². The Morgan fingerprint density at radius 1 is 1.23 bits per heavy atom. The number of hydrogen-bond donors (Lipinski definition) is 2. The van der Waals surface area contributed by atoms with E-state index in [9.17, 15) is 9.59 Å². The Morgan fingerprint density at radius 2 is 1.96 bits per heavy atom. The Morgan fingerprint density at radius 3 is 2.58 bits per heavy atom. The normalized spacial score (nSPS) is 10.4. The number of hydrogen-bond acceptors (Lipinski definition) is 5. The van der Waals surface area contributed by atoms with Crippen LogP contribution in [0.1, 0.15) is 16.1 Å². The molecule has 3 amide bonds. The van der Waals surface area contributed by atoms with Gasteiger partial charge >= 0.3 is 6.03 Å². The predicted octanol–water partition coefficient (Wildman–Crippen LogP) is 2.56. The van der Waals surface area contributed by atoms with Crippen molar-refractivity contribution >= 4 is 28.4 Å². The fraction of sp³-hybridized carbons (Fsp3) is 0.389. The largest absolute Gasteiger partial charge is 0.383 e. The number of thiazole rings is 1. The third-order valence-corrected chi connectivity index (χ3v) is 4.74. The number of methoxy groups -OCH3 is 1. The molecule has 0 spiro atoms. The molecule has 2 rings (SSSR count). The summed E-state index contributed by atoms with van der Waals surface area (Å²) in [4.78, 5) is 31.5. The van der Waals surface area contributed by atoms with Gasteiger partial charge in [-0.3, -0.25) is 4.79 Å². The number of amides is 3. The third kappa shape index (κ3) is 6.12. The molecule has 0 aliphatic carbocycles. The topological polar surface area (TPSA) is 83.6 Å². The van der Waals surface area contributed by atoms with Crippen LogP contribution < -0.4 is 10.6 Å². The average molecular weight is 376 g/mol. The smallest absolute Gasteiger partial charge is 0.318 e. The highest BCUT2D eigenvalue weighted by molar-refractivity contribution is 7.15. The van der Waals surface area contributed by atoms with Crippen molar-refractivity contribution in [2.45, 2.75) is 20.4 Å². The van der Waals surface area contributed by atoms with Gasteiger partial charge in [-0.15, -0.1) is 11.3 Å². The first-order valence-electron chi connectivity index (χ1n) is 8.29. The van der Waals surface area contributed by atoms with Gasteiger partial charge in [0.05, 0.1) is 12.3 Å². The van der Waals surface area contributed by atoms with Crippen molar-refractivity contribution in [3.63, 3.8) is 0 Å². The lowest BCUT2D eigenvalue weighted by molar-refractivity contribution is -0.116. The fourth-order valence-electron chi connectivity index (χ4n) is 2.20. The quantitative estimate of drug-likeness (QED) is 0.742. The van der Waals surface area contributed by atoms with E-state index in [4.69, 9.17) is 4.74 Å². The van der Waals surface area contributed by atoms with Crippen molar-refractivity contribution in [3.05, 3.63) is 46.5 Å². The first-order valence-corrected chi connectivity index (χ1v) is 9.10. The summed E-state index contributed by atoms with van der Waals surface area (Å²) in [6.45, 7) is 4.84. The molecule has 0 unspecified atom stereocenters. The molecule has 2 N–H and O–H groups in total. The highest BCUT2D eigenvalue weighted by Crippen LogP contribution is 2.20. The van der Waals surface area contributed by atoms with Crippen molar-refractivity contribution in [2.75, 3.05) is 32.1 Å². The summed E-state index contributed by atoms with van der Waals surface area (Å²) >= 11 is 1.42. The molecule has 0 atom stereocenters. The van der Waals surface area contributed by atoms with Crippen molar-refractivity contribution < 1.29 is 14.3 Å². The van der Waals surface area contributed by atoms with Gasteiger partial charge in [0.15, 0.2) is 5.13 Å². The molecular formula is C18H24N4O3S. The Balaban J connectivity index is 1.92. The van der Waals surface area contributed by atoms with Crippen LogP contribution in [0.25, 0.3) is 0 Å². The molecule has 2 aromatic rings. The van der Waals surface area contributed by atoms with Gasteiger partial charge < -0.3 is 20.3 Å². The molecule has 26 heavy (non-hydrogen) atoms. The Bertz CT molecular complexity index is 714. The van der Waals surface area contributed by atoms with Crippen molar-refractivity contribution in [1.29, 1.82) is 0 Å². The Hall–Kier alpha value is -2.45. The number of rotatable bonds is 8. The van der Waals surface area contributed by atoms with Gasteiger partial charge in [-0.25, -0.2) is 9.78 Å². The zero-order valence-electron chi connectivity index (χ0n) is 15.2. The Kier molecular flexibility index (Phi) is 7.55. The average Bonchev–Trinajstić information content (AvgIpc) is 2.94. The van der Waals surface area contributed by atoms with Gasteiger partial charge in [0, 0.05) is 25.1 Å². The minimum absolute atomic E-state index is 0.0678. The van der Waals surface area contributed by atoms with Gasteiger partial charge in [0.25, 0.3) is 0 Å². The number of carbonyl (C=O) groups is 2. The Labute approximate surface area is 157 Å². The van der Waals surface area contributed by atoms with Crippen molar-refractivity contribution in [1.82, 2.24) is 15.2 Å². The summed E-state index contributed by atoms with van der Waals surface area (Å²) in [5, 5.41) is 6.12. The molecule has 0 radical (unpaired) electrons. The van der Waals surface area contributed by atoms with E-state index in [1.165, 1.54) is 16.2 Å². The first-order chi connectivity index (χ1) is 12.5. The molecule has 140 valence electrons. The van der Waals surface area contributed by atoms with Gasteiger partial charge in [-0.05, 0) is 19.4 Å². The molecule has 7 nitrogen and oxygen atoms in total. The van der Waals surface area contributed by atoms with Crippen molar-refractivity contribution in [2.24, 2.45) is 0 Å². The number of anilines is 1. The SMILES string of the molecule is COCCN(CC(=O)Nc1nc(C)c(C)s1)C(=O)NCc1ccccc1. The molecule has 0 bridgehead atoms. The lowest BCUT2D eigenvalue weighted by Gasteiger charge is -2.22. The number of urea groups is 1. The summed E-state index contributed by atoms with van der Waals surface area (Å²) in [5.41, 5.74) is 1.88. The number of carbonyl (C=O) groups excluding carboxylic acids is 2. The van der Waals surface area contributed by atoms with E-state index in [1.807, 2.05) is 44.2 Å². The molecular weight excluding hydrogens is 352 g/mol. The monoisotopic (exact) mass is 376 g/mol. The van der Waals surface area contributed by atoms with Crippen LogP contribution in [0.4, 0.5) is 9.93 Å². The minimum Gasteiger partial charge on any atom is -0.383 e. The lowest BCUT2D eigenvalue weighted by Crippen LogP contribution is -2.45. The van der Waals surface area contributed by atoms with Crippen LogP contribution in [-0.4, -0.2) is 48.6 Å². The van der Waals surface area contributed by atoms with Crippen LogP contribution in [0, 0.1) is 13.8 Å². The number of nitrogens with one attached hydrogen (secondary N) is 2. The number of ether oxygens (including phenoxy) is 1. The predicted molar refractivity (Wildman–Crippen MR) is 102 cm³/mol. The van der Waals surface area contributed by atoms with E-state index in [0.29, 0.717) is 24.8 Å². The summed E-state index contributed by atoms with van der Waals surface area (Å²) in [6, 6.07) is 9.29. The van der Waals surface area contributed by atoms with E-state index in [0.717, 1.165) is 16.1 Å². The molecule has 0 saturated carbocycles. The van der Waals surface area contributed by atoms with E-state index >= 15 is 0 Å². The fourth-order valence-corrected chi connectivity index (χ4v) is 3.03. The highest BCUT2D eigenvalue weighted by Gasteiger charge is 2.18.